The lowest BCUT2D eigenvalue weighted by Crippen LogP contribution is -2.15. The number of methoxy groups -OCH3 is 1. The highest BCUT2D eigenvalue weighted by molar-refractivity contribution is 5.29. The average Bonchev–Trinajstić information content (AvgIpc) is 2.27. The molecule has 0 aliphatic heterocycles. The van der Waals surface area contributed by atoms with E-state index < -0.39 is 12.2 Å². The van der Waals surface area contributed by atoms with Gasteiger partial charge in [-0.15, -0.1) is 6.42 Å². The predicted octanol–water partition coefficient (Wildman–Crippen LogP) is 0.723. The van der Waals surface area contributed by atoms with Crippen LogP contribution in [-0.2, 0) is 0 Å². The Kier molecular flexibility index (Phi) is 3.52. The molecule has 74 valence electrons. The smallest absolute Gasteiger partial charge is 0.144 e. The lowest BCUT2D eigenvalue weighted by atomic mass is 10.1. The summed E-state index contributed by atoms with van der Waals surface area (Å²) in [6.07, 6.45) is 2.75. The first-order valence-electron chi connectivity index (χ1n) is 4.15. The van der Waals surface area contributed by atoms with Gasteiger partial charge in [0.15, 0.2) is 0 Å². The van der Waals surface area contributed by atoms with Crippen LogP contribution in [0, 0.1) is 12.3 Å². The number of aliphatic hydroxyl groups is 2. The Balaban J connectivity index is 2.82. The summed E-state index contributed by atoms with van der Waals surface area (Å²) in [4.78, 5) is 0. The van der Waals surface area contributed by atoms with Crippen LogP contribution in [0.3, 0.4) is 0 Å². The molecule has 0 spiro atoms. The van der Waals surface area contributed by atoms with E-state index in [0.717, 1.165) is 0 Å². The molecular weight excluding hydrogens is 180 g/mol. The topological polar surface area (TPSA) is 49.7 Å². The molecule has 1 aromatic carbocycles. The van der Waals surface area contributed by atoms with Gasteiger partial charge in [-0.2, -0.15) is 0 Å². The highest BCUT2D eigenvalue weighted by Crippen LogP contribution is 2.19. The quantitative estimate of drug-likeness (QED) is 0.694. The van der Waals surface area contributed by atoms with Crippen LogP contribution in [0.4, 0.5) is 0 Å². The zero-order chi connectivity index (χ0) is 10.6. The minimum absolute atomic E-state index is 0.566. The molecule has 0 saturated carbocycles. The molecule has 0 aliphatic rings. The van der Waals surface area contributed by atoms with Crippen LogP contribution in [0.15, 0.2) is 24.3 Å². The molecular formula is C11H12O3. The van der Waals surface area contributed by atoms with E-state index in [2.05, 4.69) is 5.92 Å². The Hall–Kier alpha value is -1.50. The summed E-state index contributed by atoms with van der Waals surface area (Å²) >= 11 is 0. The van der Waals surface area contributed by atoms with Gasteiger partial charge in [-0.05, 0) is 17.7 Å². The third-order valence-corrected chi connectivity index (χ3v) is 1.93. The summed E-state index contributed by atoms with van der Waals surface area (Å²) in [6.45, 7) is 0. The van der Waals surface area contributed by atoms with E-state index in [1.165, 1.54) is 0 Å². The van der Waals surface area contributed by atoms with Crippen LogP contribution in [0.2, 0.25) is 0 Å². The molecule has 0 saturated heterocycles. The van der Waals surface area contributed by atoms with Crippen molar-refractivity contribution in [3.63, 3.8) is 0 Å². The zero-order valence-electron chi connectivity index (χ0n) is 7.84. The van der Waals surface area contributed by atoms with Crippen LogP contribution in [0.1, 0.15) is 11.7 Å². The third kappa shape index (κ3) is 2.25. The van der Waals surface area contributed by atoms with Crippen molar-refractivity contribution in [2.24, 2.45) is 0 Å². The van der Waals surface area contributed by atoms with E-state index in [0.29, 0.717) is 11.3 Å². The minimum atomic E-state index is -1.18. The van der Waals surface area contributed by atoms with Crippen LogP contribution >= 0.6 is 0 Å². The molecule has 2 atom stereocenters. The lowest BCUT2D eigenvalue weighted by molar-refractivity contribution is 0.0541. The maximum Gasteiger partial charge on any atom is 0.144 e. The van der Waals surface area contributed by atoms with Gasteiger partial charge in [0.25, 0.3) is 0 Å². The number of hydrogen-bond acceptors (Lipinski definition) is 3. The first kappa shape index (κ1) is 10.6. The van der Waals surface area contributed by atoms with Crippen molar-refractivity contribution in [2.75, 3.05) is 7.11 Å². The first-order chi connectivity index (χ1) is 6.69. The molecule has 0 radical (unpaired) electrons. The van der Waals surface area contributed by atoms with E-state index in [4.69, 9.17) is 11.2 Å². The van der Waals surface area contributed by atoms with Gasteiger partial charge in [0.1, 0.15) is 18.0 Å². The number of rotatable bonds is 3. The second kappa shape index (κ2) is 4.66. The molecule has 0 aromatic heterocycles. The lowest BCUT2D eigenvalue weighted by Gasteiger charge is -2.13. The molecule has 3 nitrogen and oxygen atoms in total. The average molecular weight is 192 g/mol. The molecule has 1 rings (SSSR count). The number of aliphatic hydroxyl groups excluding tert-OH is 2. The Morgan fingerprint density at radius 3 is 2.29 bits per heavy atom. The standard InChI is InChI=1S/C11H12O3/c1-3-10(12)11(13)8-4-6-9(14-2)7-5-8/h1,4-7,10-13H,2H3. The monoisotopic (exact) mass is 192 g/mol. The van der Waals surface area contributed by atoms with Crippen molar-refractivity contribution in [2.45, 2.75) is 12.2 Å². The minimum Gasteiger partial charge on any atom is -0.497 e. The van der Waals surface area contributed by atoms with Gasteiger partial charge in [-0.25, -0.2) is 0 Å². The molecule has 0 fully saturated rings. The van der Waals surface area contributed by atoms with Gasteiger partial charge >= 0.3 is 0 Å². The molecule has 2 N–H and O–H groups in total. The maximum atomic E-state index is 9.52. The third-order valence-electron chi connectivity index (χ3n) is 1.93. The second-order valence-electron chi connectivity index (χ2n) is 2.83. The van der Waals surface area contributed by atoms with E-state index in [-0.39, 0.29) is 0 Å². The van der Waals surface area contributed by atoms with Crippen LogP contribution in [0.5, 0.6) is 5.75 Å². The molecule has 0 bridgehead atoms. The summed E-state index contributed by atoms with van der Waals surface area (Å²) < 4.78 is 4.95. The van der Waals surface area contributed by atoms with Gasteiger partial charge in [-0.1, -0.05) is 18.1 Å². The summed E-state index contributed by atoms with van der Waals surface area (Å²) in [5.41, 5.74) is 0.566. The Morgan fingerprint density at radius 1 is 1.29 bits per heavy atom. The fourth-order valence-electron chi connectivity index (χ4n) is 1.07. The summed E-state index contributed by atoms with van der Waals surface area (Å²) in [5.74, 6) is 2.76. The van der Waals surface area contributed by atoms with Crippen molar-refractivity contribution in [1.82, 2.24) is 0 Å². The molecule has 0 aliphatic carbocycles. The van der Waals surface area contributed by atoms with Gasteiger partial charge in [0, 0.05) is 0 Å². The predicted molar refractivity (Wildman–Crippen MR) is 52.8 cm³/mol. The molecule has 3 heteroatoms. The fourth-order valence-corrected chi connectivity index (χ4v) is 1.07. The highest BCUT2D eigenvalue weighted by atomic mass is 16.5. The van der Waals surface area contributed by atoms with E-state index in [1.54, 1.807) is 31.4 Å². The fraction of sp³-hybridized carbons (Fsp3) is 0.273. The summed E-state index contributed by atoms with van der Waals surface area (Å²) in [6, 6.07) is 6.71. The molecule has 0 amide bonds. The van der Waals surface area contributed by atoms with Crippen molar-refractivity contribution in [1.29, 1.82) is 0 Å². The maximum absolute atomic E-state index is 9.52. The zero-order valence-corrected chi connectivity index (χ0v) is 7.84. The van der Waals surface area contributed by atoms with Gasteiger partial charge in [-0.3, -0.25) is 0 Å². The summed E-state index contributed by atoms with van der Waals surface area (Å²) in [5, 5.41) is 18.7. The number of hydrogen-bond donors (Lipinski definition) is 2. The number of ether oxygens (including phenoxy) is 1. The Morgan fingerprint density at radius 2 is 1.86 bits per heavy atom. The second-order valence-corrected chi connectivity index (χ2v) is 2.83. The van der Waals surface area contributed by atoms with Crippen LogP contribution in [-0.4, -0.2) is 23.4 Å². The van der Waals surface area contributed by atoms with Crippen molar-refractivity contribution >= 4 is 0 Å². The van der Waals surface area contributed by atoms with Crippen LogP contribution in [0.25, 0.3) is 0 Å². The van der Waals surface area contributed by atoms with E-state index in [9.17, 15) is 10.2 Å². The summed E-state index contributed by atoms with van der Waals surface area (Å²) in [7, 11) is 1.56. The number of benzene rings is 1. The Labute approximate surface area is 83.0 Å². The largest absolute Gasteiger partial charge is 0.497 e. The SMILES string of the molecule is C#CC(O)C(O)c1ccc(OC)cc1. The van der Waals surface area contributed by atoms with Crippen molar-refractivity contribution in [3.8, 4) is 18.1 Å². The van der Waals surface area contributed by atoms with E-state index in [1.807, 2.05) is 0 Å². The van der Waals surface area contributed by atoms with Gasteiger partial charge < -0.3 is 14.9 Å². The van der Waals surface area contributed by atoms with Crippen molar-refractivity contribution in [3.05, 3.63) is 29.8 Å². The van der Waals surface area contributed by atoms with Gasteiger partial charge in [0.05, 0.1) is 7.11 Å². The first-order valence-corrected chi connectivity index (χ1v) is 4.15. The Bertz CT molecular complexity index is 323. The number of terminal acetylenes is 1. The molecule has 2 unspecified atom stereocenters. The molecule has 0 heterocycles. The van der Waals surface area contributed by atoms with Crippen LogP contribution < -0.4 is 4.74 Å². The van der Waals surface area contributed by atoms with Gasteiger partial charge in [0.2, 0.25) is 0 Å². The molecule has 14 heavy (non-hydrogen) atoms. The molecule has 1 aromatic rings. The van der Waals surface area contributed by atoms with E-state index >= 15 is 0 Å². The normalized spacial score (nSPS) is 14.1. The highest BCUT2D eigenvalue weighted by Gasteiger charge is 2.15. The van der Waals surface area contributed by atoms with Crippen molar-refractivity contribution < 1.29 is 14.9 Å².